The Labute approximate surface area is 130 Å². The van der Waals surface area contributed by atoms with E-state index in [1.165, 1.54) is 12.0 Å². The Morgan fingerprint density at radius 3 is 2.55 bits per heavy atom. The summed E-state index contributed by atoms with van der Waals surface area (Å²) in [4.78, 5) is 13.6. The minimum absolute atomic E-state index is 0.0967. The van der Waals surface area contributed by atoms with Gasteiger partial charge in [-0.05, 0) is 12.1 Å². The van der Waals surface area contributed by atoms with Crippen LogP contribution < -0.4 is 14.8 Å². The summed E-state index contributed by atoms with van der Waals surface area (Å²) in [5.41, 5.74) is 0.509. The first-order valence-corrected chi connectivity index (χ1v) is 8.62. The first-order valence-electron chi connectivity index (χ1n) is 6.90. The molecule has 1 saturated heterocycles. The van der Waals surface area contributed by atoms with E-state index in [1.54, 1.807) is 32.2 Å². The zero-order chi connectivity index (χ0) is 16.3. The summed E-state index contributed by atoms with van der Waals surface area (Å²) in [5, 5.41) is 2.26. The number of ether oxygens (including phenoxy) is 2. The first-order chi connectivity index (χ1) is 10.4. The van der Waals surface area contributed by atoms with E-state index in [0.717, 1.165) is 0 Å². The third kappa shape index (κ3) is 3.27. The smallest absolute Gasteiger partial charge is 0.322 e. The average molecular weight is 328 g/mol. The van der Waals surface area contributed by atoms with Crippen molar-refractivity contribution in [3.8, 4) is 11.5 Å². The quantitative estimate of drug-likeness (QED) is 0.882. The van der Waals surface area contributed by atoms with Gasteiger partial charge < -0.3 is 19.7 Å². The van der Waals surface area contributed by atoms with E-state index in [2.05, 4.69) is 5.32 Å². The Morgan fingerprint density at radius 1 is 1.32 bits per heavy atom. The maximum Gasteiger partial charge on any atom is 0.322 e. The van der Waals surface area contributed by atoms with Gasteiger partial charge >= 0.3 is 6.03 Å². The number of carbonyl (C=O) groups excluding carboxylic acids is 1. The molecule has 1 aliphatic heterocycles. The molecule has 8 heteroatoms. The summed E-state index contributed by atoms with van der Waals surface area (Å²) in [6.07, 6.45) is 0. The fraction of sp³-hybridized carbons (Fsp3) is 0.500. The van der Waals surface area contributed by atoms with Gasteiger partial charge in [-0.15, -0.1) is 0 Å². The normalized spacial score (nSPS) is 15.1. The summed E-state index contributed by atoms with van der Waals surface area (Å²) >= 11 is 0. The molecule has 0 atom stereocenters. The van der Waals surface area contributed by atoms with Crippen LogP contribution in [0.15, 0.2) is 18.2 Å². The molecule has 0 unspecified atom stereocenters. The second-order valence-corrected chi connectivity index (χ2v) is 7.54. The van der Waals surface area contributed by atoms with E-state index >= 15 is 0 Å². The Balaban J connectivity index is 2.00. The van der Waals surface area contributed by atoms with Gasteiger partial charge in [0.25, 0.3) is 0 Å². The molecule has 0 spiro atoms. The number of anilines is 1. The first kappa shape index (κ1) is 16.4. The monoisotopic (exact) mass is 328 g/mol. The second kappa shape index (κ2) is 6.43. The molecule has 1 aromatic carbocycles. The highest BCUT2D eigenvalue weighted by Gasteiger charge is 2.38. The lowest BCUT2D eigenvalue weighted by molar-refractivity contribution is 0.182. The third-order valence-electron chi connectivity index (χ3n) is 3.70. The number of nitrogens with zero attached hydrogens (tertiary/aromatic N) is 1. The maximum absolute atomic E-state index is 12.1. The Hall–Kier alpha value is -1.96. The SMILES string of the molecule is CCS(=O)(=O)C1CN(C(=O)Nc2ccc(OC)cc2OC)C1. The topological polar surface area (TPSA) is 84.9 Å². The molecule has 1 heterocycles. The number of likely N-dealkylation sites (tertiary alicyclic amines) is 1. The summed E-state index contributed by atoms with van der Waals surface area (Å²) < 4.78 is 33.7. The van der Waals surface area contributed by atoms with Crippen LogP contribution >= 0.6 is 0 Å². The summed E-state index contributed by atoms with van der Waals surface area (Å²) in [5.74, 6) is 1.19. The van der Waals surface area contributed by atoms with Crippen molar-refractivity contribution in [3.63, 3.8) is 0 Å². The van der Waals surface area contributed by atoms with Crippen molar-refractivity contribution in [2.75, 3.05) is 38.4 Å². The summed E-state index contributed by atoms with van der Waals surface area (Å²) in [7, 11) is -0.0445. The molecule has 0 aliphatic carbocycles. The van der Waals surface area contributed by atoms with Gasteiger partial charge in [0.2, 0.25) is 0 Å². The number of amides is 2. The number of nitrogens with one attached hydrogen (secondary N) is 1. The minimum atomic E-state index is -3.09. The van der Waals surface area contributed by atoms with E-state index in [0.29, 0.717) is 17.2 Å². The number of urea groups is 1. The zero-order valence-corrected chi connectivity index (χ0v) is 13.6. The second-order valence-electron chi connectivity index (χ2n) is 4.97. The van der Waals surface area contributed by atoms with Gasteiger partial charge in [0.1, 0.15) is 11.5 Å². The molecule has 1 fully saturated rings. The standard InChI is InChI=1S/C14H20N2O5S/c1-4-22(18,19)11-8-16(9-11)14(17)15-12-6-5-10(20-2)7-13(12)21-3/h5-7,11H,4,8-9H2,1-3H3,(H,15,17). The fourth-order valence-corrected chi connectivity index (χ4v) is 3.45. The number of sulfone groups is 1. The molecule has 0 saturated carbocycles. The van der Waals surface area contributed by atoms with Crippen LogP contribution in [-0.2, 0) is 9.84 Å². The van der Waals surface area contributed by atoms with E-state index in [9.17, 15) is 13.2 Å². The molecule has 1 N–H and O–H groups in total. The van der Waals surface area contributed by atoms with Crippen LogP contribution in [0.3, 0.4) is 0 Å². The van der Waals surface area contributed by atoms with Crippen LogP contribution in [0.4, 0.5) is 10.5 Å². The van der Waals surface area contributed by atoms with Crippen molar-refractivity contribution in [1.82, 2.24) is 4.90 Å². The summed E-state index contributed by atoms with van der Waals surface area (Å²) in [6, 6.07) is 4.70. The van der Waals surface area contributed by atoms with Gasteiger partial charge in [0.15, 0.2) is 9.84 Å². The predicted octanol–water partition coefficient (Wildman–Crippen LogP) is 1.35. The number of rotatable bonds is 5. The molecule has 2 rings (SSSR count). The lowest BCUT2D eigenvalue weighted by Gasteiger charge is -2.38. The Morgan fingerprint density at radius 2 is 2.00 bits per heavy atom. The molecular weight excluding hydrogens is 308 g/mol. The number of carbonyl (C=O) groups is 1. The van der Waals surface area contributed by atoms with E-state index in [4.69, 9.17) is 9.47 Å². The van der Waals surface area contributed by atoms with Crippen LogP contribution in [0, 0.1) is 0 Å². The fourth-order valence-electron chi connectivity index (χ4n) is 2.16. The zero-order valence-electron chi connectivity index (χ0n) is 12.8. The number of methoxy groups -OCH3 is 2. The largest absolute Gasteiger partial charge is 0.497 e. The van der Waals surface area contributed by atoms with Gasteiger partial charge in [-0.25, -0.2) is 13.2 Å². The van der Waals surface area contributed by atoms with Crippen molar-refractivity contribution in [2.24, 2.45) is 0 Å². The van der Waals surface area contributed by atoms with Gasteiger partial charge in [0, 0.05) is 24.9 Å². The number of benzene rings is 1. The highest BCUT2D eigenvalue weighted by Crippen LogP contribution is 2.29. The molecule has 22 heavy (non-hydrogen) atoms. The highest BCUT2D eigenvalue weighted by atomic mass is 32.2. The number of hydrogen-bond donors (Lipinski definition) is 1. The van der Waals surface area contributed by atoms with Crippen LogP contribution in [0.25, 0.3) is 0 Å². The van der Waals surface area contributed by atoms with Crippen molar-refractivity contribution in [2.45, 2.75) is 12.2 Å². The lowest BCUT2D eigenvalue weighted by atomic mass is 10.2. The van der Waals surface area contributed by atoms with Gasteiger partial charge in [0.05, 0.1) is 25.2 Å². The van der Waals surface area contributed by atoms with Crippen molar-refractivity contribution in [3.05, 3.63) is 18.2 Å². The average Bonchev–Trinajstić information content (AvgIpc) is 2.45. The third-order valence-corrected chi connectivity index (χ3v) is 5.81. The van der Waals surface area contributed by atoms with Crippen molar-refractivity contribution in [1.29, 1.82) is 0 Å². The van der Waals surface area contributed by atoms with Gasteiger partial charge in [-0.1, -0.05) is 6.92 Å². The lowest BCUT2D eigenvalue weighted by Crippen LogP contribution is -2.58. The van der Waals surface area contributed by atoms with Crippen LogP contribution in [-0.4, -0.2) is 57.7 Å². The maximum atomic E-state index is 12.1. The van der Waals surface area contributed by atoms with Crippen molar-refractivity contribution < 1.29 is 22.7 Å². The Kier molecular flexibility index (Phi) is 4.80. The molecule has 1 aromatic rings. The van der Waals surface area contributed by atoms with Gasteiger partial charge in [-0.3, -0.25) is 0 Å². The molecule has 0 bridgehead atoms. The van der Waals surface area contributed by atoms with Crippen LogP contribution in [0.1, 0.15) is 6.92 Å². The highest BCUT2D eigenvalue weighted by molar-refractivity contribution is 7.92. The molecule has 122 valence electrons. The molecular formula is C14H20N2O5S. The molecule has 7 nitrogen and oxygen atoms in total. The minimum Gasteiger partial charge on any atom is -0.497 e. The Bertz CT molecular complexity index is 653. The van der Waals surface area contributed by atoms with E-state index < -0.39 is 15.1 Å². The summed E-state index contributed by atoms with van der Waals surface area (Å²) in [6.45, 7) is 2.06. The van der Waals surface area contributed by atoms with E-state index in [-0.39, 0.29) is 24.9 Å². The van der Waals surface area contributed by atoms with Crippen LogP contribution in [0.5, 0.6) is 11.5 Å². The van der Waals surface area contributed by atoms with Crippen LogP contribution in [0.2, 0.25) is 0 Å². The van der Waals surface area contributed by atoms with E-state index in [1.807, 2.05) is 0 Å². The molecule has 1 aliphatic rings. The van der Waals surface area contributed by atoms with Gasteiger partial charge in [-0.2, -0.15) is 0 Å². The molecule has 2 amide bonds. The van der Waals surface area contributed by atoms with Crippen molar-refractivity contribution >= 4 is 21.6 Å². The molecule has 0 aromatic heterocycles. The molecule has 0 radical (unpaired) electrons. The number of hydrogen-bond acceptors (Lipinski definition) is 5. The predicted molar refractivity (Wildman–Crippen MR) is 83.4 cm³/mol.